The number of sulfone groups is 1. The Balaban J connectivity index is 3.05. The van der Waals surface area contributed by atoms with E-state index in [4.69, 9.17) is 0 Å². The van der Waals surface area contributed by atoms with Crippen molar-refractivity contribution >= 4 is 9.84 Å². The molecule has 0 radical (unpaired) electrons. The van der Waals surface area contributed by atoms with Crippen LogP contribution in [0.3, 0.4) is 0 Å². The summed E-state index contributed by atoms with van der Waals surface area (Å²) in [5.41, 5.74) is 0. The van der Waals surface area contributed by atoms with Crippen molar-refractivity contribution in [3.8, 4) is 0 Å². The third-order valence-electron chi connectivity index (χ3n) is 4.69. The van der Waals surface area contributed by atoms with E-state index in [0.29, 0.717) is 5.92 Å². The molecule has 0 heterocycles. The van der Waals surface area contributed by atoms with Crippen molar-refractivity contribution in [1.29, 1.82) is 0 Å². The molecule has 0 saturated heterocycles. The van der Waals surface area contributed by atoms with Crippen LogP contribution in [0.1, 0.15) is 54.4 Å². The van der Waals surface area contributed by atoms with Gasteiger partial charge in [0.15, 0.2) is 9.84 Å². The van der Waals surface area contributed by atoms with Crippen LogP contribution < -0.4 is 5.32 Å². The Bertz CT molecular complexity index is 378. The molecule has 114 valence electrons. The molecule has 19 heavy (non-hydrogen) atoms. The van der Waals surface area contributed by atoms with Crippen LogP contribution in [0, 0.1) is 17.8 Å². The number of rotatable bonds is 5. The molecule has 0 aromatic carbocycles. The van der Waals surface area contributed by atoms with Crippen molar-refractivity contribution in [3.63, 3.8) is 0 Å². The minimum Gasteiger partial charge on any atom is -0.313 e. The maximum Gasteiger partial charge on any atom is 0.157 e. The summed E-state index contributed by atoms with van der Waals surface area (Å²) in [6.07, 6.45) is 2.00. The molecule has 1 saturated carbocycles. The van der Waals surface area contributed by atoms with Crippen LogP contribution in [0.2, 0.25) is 0 Å². The van der Waals surface area contributed by atoms with E-state index in [2.05, 4.69) is 26.1 Å². The van der Waals surface area contributed by atoms with Gasteiger partial charge in [0.25, 0.3) is 0 Å². The van der Waals surface area contributed by atoms with Crippen LogP contribution in [0.4, 0.5) is 0 Å². The summed E-state index contributed by atoms with van der Waals surface area (Å²) in [6.45, 7) is 13.1. The lowest BCUT2D eigenvalue weighted by molar-refractivity contribution is 0.242. The van der Waals surface area contributed by atoms with Crippen molar-refractivity contribution in [3.05, 3.63) is 0 Å². The lowest BCUT2D eigenvalue weighted by atomic mass is 9.80. The first-order valence-electron chi connectivity index (χ1n) is 7.67. The first-order valence-corrected chi connectivity index (χ1v) is 9.28. The molecular weight excluding hydrogens is 258 g/mol. The van der Waals surface area contributed by atoms with Gasteiger partial charge >= 0.3 is 0 Å². The van der Waals surface area contributed by atoms with Crippen molar-refractivity contribution in [1.82, 2.24) is 5.32 Å². The van der Waals surface area contributed by atoms with Crippen molar-refractivity contribution in [2.45, 2.75) is 70.9 Å². The summed E-state index contributed by atoms with van der Waals surface area (Å²) >= 11 is 0. The number of hydrogen-bond donors (Lipinski definition) is 1. The Kier molecular flexibility index (Phi) is 5.87. The van der Waals surface area contributed by atoms with E-state index in [1.807, 2.05) is 20.8 Å². The van der Waals surface area contributed by atoms with E-state index < -0.39 is 9.84 Å². The van der Waals surface area contributed by atoms with Crippen LogP contribution in [-0.4, -0.2) is 31.5 Å². The SMILES string of the molecule is CCNC1CC(C)CC(C)C1S(=O)(=O)C(C)C(C)C. The zero-order chi connectivity index (χ0) is 14.8. The number of hydrogen-bond acceptors (Lipinski definition) is 3. The fourth-order valence-electron chi connectivity index (χ4n) is 3.47. The Morgan fingerprint density at radius 1 is 1.16 bits per heavy atom. The van der Waals surface area contributed by atoms with Crippen molar-refractivity contribution < 1.29 is 8.42 Å². The topological polar surface area (TPSA) is 46.2 Å². The summed E-state index contributed by atoms with van der Waals surface area (Å²) in [4.78, 5) is 0. The fraction of sp³-hybridized carbons (Fsp3) is 1.00. The Labute approximate surface area is 119 Å². The van der Waals surface area contributed by atoms with Crippen LogP contribution in [0.25, 0.3) is 0 Å². The van der Waals surface area contributed by atoms with Crippen LogP contribution >= 0.6 is 0 Å². The highest BCUT2D eigenvalue weighted by atomic mass is 32.2. The molecule has 0 aliphatic heterocycles. The maximum atomic E-state index is 12.9. The molecule has 1 fully saturated rings. The monoisotopic (exact) mass is 289 g/mol. The van der Waals surface area contributed by atoms with E-state index in [9.17, 15) is 8.42 Å². The van der Waals surface area contributed by atoms with Gasteiger partial charge in [-0.3, -0.25) is 0 Å². The average Bonchev–Trinajstić information content (AvgIpc) is 2.26. The van der Waals surface area contributed by atoms with Gasteiger partial charge in [0.2, 0.25) is 0 Å². The van der Waals surface area contributed by atoms with Crippen LogP contribution in [0.5, 0.6) is 0 Å². The molecule has 3 nitrogen and oxygen atoms in total. The predicted molar refractivity (Wildman–Crippen MR) is 82.0 cm³/mol. The lowest BCUT2D eigenvalue weighted by Gasteiger charge is -2.41. The fourth-order valence-corrected chi connectivity index (χ4v) is 6.15. The minimum absolute atomic E-state index is 0.120. The quantitative estimate of drug-likeness (QED) is 0.846. The summed E-state index contributed by atoms with van der Waals surface area (Å²) in [5, 5.41) is 2.94. The standard InChI is InChI=1S/C15H31NO2S/c1-7-16-14-9-11(4)8-12(5)15(14)19(17,18)13(6)10(2)3/h10-16H,7-9H2,1-6H3. The number of nitrogens with one attached hydrogen (secondary N) is 1. The predicted octanol–water partition coefficient (Wildman–Crippen LogP) is 2.86. The smallest absolute Gasteiger partial charge is 0.157 e. The second-order valence-corrected chi connectivity index (χ2v) is 9.19. The second kappa shape index (κ2) is 6.57. The normalized spacial score (nSPS) is 34.5. The van der Waals surface area contributed by atoms with Gasteiger partial charge in [0, 0.05) is 6.04 Å². The summed E-state index contributed by atoms with van der Waals surface area (Å²) in [6, 6.07) is 0.120. The van der Waals surface area contributed by atoms with Gasteiger partial charge in [-0.15, -0.1) is 0 Å². The minimum atomic E-state index is -3.07. The van der Waals surface area contributed by atoms with E-state index in [-0.39, 0.29) is 28.4 Å². The summed E-state index contributed by atoms with van der Waals surface area (Å²) < 4.78 is 25.8. The molecule has 4 heteroatoms. The average molecular weight is 289 g/mol. The van der Waals surface area contributed by atoms with Crippen LogP contribution in [0.15, 0.2) is 0 Å². The van der Waals surface area contributed by atoms with Gasteiger partial charge in [0.1, 0.15) is 0 Å². The van der Waals surface area contributed by atoms with Crippen molar-refractivity contribution in [2.24, 2.45) is 17.8 Å². The molecular formula is C15H31NO2S. The first-order chi connectivity index (χ1) is 8.71. The largest absolute Gasteiger partial charge is 0.313 e. The van der Waals surface area contributed by atoms with Gasteiger partial charge in [0.05, 0.1) is 10.5 Å². The molecule has 1 rings (SSSR count). The van der Waals surface area contributed by atoms with E-state index >= 15 is 0 Å². The lowest BCUT2D eigenvalue weighted by Crippen LogP contribution is -2.54. The van der Waals surface area contributed by atoms with Crippen molar-refractivity contribution in [2.75, 3.05) is 6.54 Å². The van der Waals surface area contributed by atoms with Gasteiger partial charge in [-0.25, -0.2) is 8.42 Å². The highest BCUT2D eigenvalue weighted by Crippen LogP contribution is 2.36. The van der Waals surface area contributed by atoms with Gasteiger partial charge < -0.3 is 5.32 Å². The molecule has 5 unspecified atom stereocenters. The molecule has 0 spiro atoms. The third kappa shape index (κ3) is 3.72. The Morgan fingerprint density at radius 3 is 2.21 bits per heavy atom. The zero-order valence-electron chi connectivity index (χ0n) is 13.3. The molecule has 1 aliphatic rings. The Morgan fingerprint density at radius 2 is 1.74 bits per heavy atom. The molecule has 5 atom stereocenters. The molecule has 0 aromatic rings. The zero-order valence-corrected chi connectivity index (χ0v) is 14.1. The molecule has 0 amide bonds. The maximum absolute atomic E-state index is 12.9. The second-order valence-electron chi connectivity index (χ2n) is 6.72. The van der Waals surface area contributed by atoms with Gasteiger partial charge in [-0.2, -0.15) is 0 Å². The van der Waals surface area contributed by atoms with E-state index in [1.165, 1.54) is 0 Å². The van der Waals surface area contributed by atoms with E-state index in [0.717, 1.165) is 19.4 Å². The molecule has 0 aromatic heterocycles. The van der Waals surface area contributed by atoms with Gasteiger partial charge in [-0.1, -0.05) is 34.6 Å². The molecule has 1 N–H and O–H groups in total. The third-order valence-corrected chi connectivity index (χ3v) is 7.82. The summed E-state index contributed by atoms with van der Waals surface area (Å²) in [7, 11) is -3.07. The highest BCUT2D eigenvalue weighted by Gasteiger charge is 2.44. The molecule has 1 aliphatic carbocycles. The highest BCUT2D eigenvalue weighted by molar-refractivity contribution is 7.92. The van der Waals surface area contributed by atoms with Crippen LogP contribution in [-0.2, 0) is 9.84 Å². The summed E-state index contributed by atoms with van der Waals surface area (Å²) in [5.74, 6) is 1.04. The molecule has 0 bridgehead atoms. The van der Waals surface area contributed by atoms with Gasteiger partial charge in [-0.05, 0) is 44.1 Å². The van der Waals surface area contributed by atoms with E-state index in [1.54, 1.807) is 0 Å². The first kappa shape index (κ1) is 17.0. The Hall–Kier alpha value is -0.0900.